The van der Waals surface area contributed by atoms with Gasteiger partial charge in [0, 0.05) is 11.4 Å². The number of para-hydroxylation sites is 2. The Kier molecular flexibility index (Phi) is 5.28. The molecule has 2 aromatic carbocycles. The highest BCUT2D eigenvalue weighted by molar-refractivity contribution is 7.98. The number of hydrogen-bond donors (Lipinski definition) is 1. The number of thioether (sulfide) groups is 1. The third kappa shape index (κ3) is 3.39. The van der Waals surface area contributed by atoms with Gasteiger partial charge in [-0.2, -0.15) is 0 Å². The van der Waals surface area contributed by atoms with Crippen molar-refractivity contribution in [2.75, 3.05) is 23.4 Å². The topological polar surface area (TPSA) is 46.3 Å². The van der Waals surface area contributed by atoms with E-state index in [1.807, 2.05) is 54.8 Å². The summed E-state index contributed by atoms with van der Waals surface area (Å²) in [7, 11) is 0. The number of anilines is 2. The van der Waals surface area contributed by atoms with Crippen LogP contribution in [0.1, 0.15) is 23.7 Å². The number of carbonyl (C=O) groups is 1. The molecule has 0 aliphatic carbocycles. The zero-order valence-electron chi connectivity index (χ0n) is 12.4. The molecule has 4 heteroatoms. The lowest BCUT2D eigenvalue weighted by atomic mass is 10.1. The minimum atomic E-state index is -0.000278. The second-order valence-electron chi connectivity index (χ2n) is 4.72. The van der Waals surface area contributed by atoms with Crippen molar-refractivity contribution in [2.24, 2.45) is 0 Å². The molecule has 2 N–H and O–H groups in total. The summed E-state index contributed by atoms with van der Waals surface area (Å²) in [5, 5.41) is 0. The molecule has 21 heavy (non-hydrogen) atoms. The molecule has 0 saturated carbocycles. The highest BCUT2D eigenvalue weighted by Gasteiger charge is 2.20. The van der Waals surface area contributed by atoms with Gasteiger partial charge in [0.15, 0.2) is 0 Å². The predicted molar refractivity (Wildman–Crippen MR) is 91.0 cm³/mol. The van der Waals surface area contributed by atoms with Gasteiger partial charge in [-0.3, -0.25) is 4.79 Å². The SMILES string of the molecule is CCCN(C(=O)c1ccccc1SC)c1ccccc1N. The maximum atomic E-state index is 12.9. The summed E-state index contributed by atoms with van der Waals surface area (Å²) in [6, 6.07) is 15.2. The predicted octanol–water partition coefficient (Wildman–Crippen LogP) is 4.05. The van der Waals surface area contributed by atoms with Gasteiger partial charge in [-0.15, -0.1) is 11.8 Å². The second kappa shape index (κ2) is 7.18. The number of amides is 1. The lowest BCUT2D eigenvalue weighted by molar-refractivity contribution is 0.0984. The zero-order chi connectivity index (χ0) is 15.2. The molecule has 2 rings (SSSR count). The summed E-state index contributed by atoms with van der Waals surface area (Å²) in [6.07, 6.45) is 2.86. The van der Waals surface area contributed by atoms with Gasteiger partial charge in [0.05, 0.1) is 16.9 Å². The molecule has 0 unspecified atom stereocenters. The van der Waals surface area contributed by atoms with E-state index in [0.717, 1.165) is 22.6 Å². The quantitative estimate of drug-likeness (QED) is 0.669. The molecule has 2 aromatic rings. The molecule has 0 spiro atoms. The average Bonchev–Trinajstić information content (AvgIpc) is 2.53. The second-order valence-corrected chi connectivity index (χ2v) is 5.56. The molecule has 1 amide bonds. The van der Waals surface area contributed by atoms with E-state index in [4.69, 9.17) is 5.73 Å². The standard InChI is InChI=1S/C17H20N2OS/c1-3-12-19(15-10-6-5-9-14(15)18)17(20)13-8-4-7-11-16(13)21-2/h4-11H,3,12,18H2,1-2H3. The van der Waals surface area contributed by atoms with Crippen molar-refractivity contribution in [3.8, 4) is 0 Å². The highest BCUT2D eigenvalue weighted by Crippen LogP contribution is 2.27. The van der Waals surface area contributed by atoms with Gasteiger partial charge in [-0.25, -0.2) is 0 Å². The third-order valence-electron chi connectivity index (χ3n) is 3.26. The van der Waals surface area contributed by atoms with E-state index in [-0.39, 0.29) is 5.91 Å². The molecule has 110 valence electrons. The fourth-order valence-corrected chi connectivity index (χ4v) is 2.84. The summed E-state index contributed by atoms with van der Waals surface area (Å²) < 4.78 is 0. The maximum Gasteiger partial charge on any atom is 0.259 e. The van der Waals surface area contributed by atoms with Gasteiger partial charge in [0.25, 0.3) is 5.91 Å². The van der Waals surface area contributed by atoms with Crippen LogP contribution < -0.4 is 10.6 Å². The molecule has 0 atom stereocenters. The number of nitrogen functional groups attached to an aromatic ring is 1. The number of nitrogens with two attached hydrogens (primary N) is 1. The van der Waals surface area contributed by atoms with Crippen molar-refractivity contribution in [3.05, 3.63) is 54.1 Å². The van der Waals surface area contributed by atoms with Crippen LogP contribution in [0.2, 0.25) is 0 Å². The smallest absolute Gasteiger partial charge is 0.259 e. The van der Waals surface area contributed by atoms with Crippen molar-refractivity contribution < 1.29 is 4.79 Å². The molecule has 0 saturated heterocycles. The van der Waals surface area contributed by atoms with Crippen molar-refractivity contribution in [2.45, 2.75) is 18.2 Å². The van der Waals surface area contributed by atoms with Crippen LogP contribution in [-0.4, -0.2) is 18.7 Å². The molecule has 0 radical (unpaired) electrons. The number of carbonyl (C=O) groups excluding carboxylic acids is 1. The Bertz CT molecular complexity index is 628. The van der Waals surface area contributed by atoms with E-state index in [1.165, 1.54) is 0 Å². The monoisotopic (exact) mass is 300 g/mol. The average molecular weight is 300 g/mol. The first-order valence-electron chi connectivity index (χ1n) is 6.98. The van der Waals surface area contributed by atoms with Gasteiger partial charge in [-0.05, 0) is 36.9 Å². The summed E-state index contributed by atoms with van der Waals surface area (Å²) in [4.78, 5) is 15.7. The molecule has 3 nitrogen and oxygen atoms in total. The van der Waals surface area contributed by atoms with Gasteiger partial charge < -0.3 is 10.6 Å². The van der Waals surface area contributed by atoms with Crippen LogP contribution >= 0.6 is 11.8 Å². The summed E-state index contributed by atoms with van der Waals surface area (Å²) >= 11 is 1.58. The van der Waals surface area contributed by atoms with Gasteiger partial charge >= 0.3 is 0 Å². The van der Waals surface area contributed by atoms with Crippen molar-refractivity contribution in [1.29, 1.82) is 0 Å². The van der Waals surface area contributed by atoms with Crippen LogP contribution in [0.5, 0.6) is 0 Å². The molecule has 0 bridgehead atoms. The van der Waals surface area contributed by atoms with Gasteiger partial charge in [0.1, 0.15) is 0 Å². The fraction of sp³-hybridized carbons (Fsp3) is 0.235. The summed E-state index contributed by atoms with van der Waals surface area (Å²) in [6.45, 7) is 2.70. The Morgan fingerprint density at radius 1 is 1.14 bits per heavy atom. The van der Waals surface area contributed by atoms with E-state index in [0.29, 0.717) is 12.2 Å². The molecule has 0 heterocycles. The highest BCUT2D eigenvalue weighted by atomic mass is 32.2. The Morgan fingerprint density at radius 2 is 1.81 bits per heavy atom. The lowest BCUT2D eigenvalue weighted by Gasteiger charge is -2.24. The van der Waals surface area contributed by atoms with E-state index >= 15 is 0 Å². The number of benzene rings is 2. The Morgan fingerprint density at radius 3 is 2.48 bits per heavy atom. The third-order valence-corrected chi connectivity index (χ3v) is 4.05. The van der Waals surface area contributed by atoms with Gasteiger partial charge in [0.2, 0.25) is 0 Å². The first kappa shape index (κ1) is 15.4. The van der Waals surface area contributed by atoms with Crippen LogP contribution in [0.15, 0.2) is 53.4 Å². The minimum absolute atomic E-state index is 0.000278. The van der Waals surface area contributed by atoms with Crippen LogP contribution in [0.25, 0.3) is 0 Å². The number of rotatable bonds is 5. The molecule has 0 aliphatic rings. The lowest BCUT2D eigenvalue weighted by Crippen LogP contribution is -2.32. The Hall–Kier alpha value is -1.94. The number of hydrogen-bond acceptors (Lipinski definition) is 3. The molecule has 0 fully saturated rings. The largest absolute Gasteiger partial charge is 0.397 e. The Labute approximate surface area is 130 Å². The first-order valence-corrected chi connectivity index (χ1v) is 8.21. The molecule has 0 aliphatic heterocycles. The van der Waals surface area contributed by atoms with Crippen LogP contribution in [0.3, 0.4) is 0 Å². The van der Waals surface area contributed by atoms with E-state index < -0.39 is 0 Å². The Balaban J connectivity index is 2.43. The normalized spacial score (nSPS) is 10.4. The van der Waals surface area contributed by atoms with Gasteiger partial charge in [-0.1, -0.05) is 31.2 Å². The molecule has 0 aromatic heterocycles. The maximum absolute atomic E-state index is 12.9. The van der Waals surface area contributed by atoms with Crippen molar-refractivity contribution in [1.82, 2.24) is 0 Å². The van der Waals surface area contributed by atoms with Crippen molar-refractivity contribution in [3.63, 3.8) is 0 Å². The number of nitrogens with zero attached hydrogens (tertiary/aromatic N) is 1. The summed E-state index contributed by atoms with van der Waals surface area (Å²) in [5.41, 5.74) is 8.17. The molecular weight excluding hydrogens is 280 g/mol. The summed E-state index contributed by atoms with van der Waals surface area (Å²) in [5.74, 6) is -0.000278. The van der Waals surface area contributed by atoms with E-state index in [9.17, 15) is 4.79 Å². The molecular formula is C17H20N2OS. The van der Waals surface area contributed by atoms with E-state index in [1.54, 1.807) is 16.7 Å². The van der Waals surface area contributed by atoms with E-state index in [2.05, 4.69) is 6.92 Å². The van der Waals surface area contributed by atoms with Crippen LogP contribution in [0, 0.1) is 0 Å². The van der Waals surface area contributed by atoms with Crippen LogP contribution in [0.4, 0.5) is 11.4 Å². The zero-order valence-corrected chi connectivity index (χ0v) is 13.2. The van der Waals surface area contributed by atoms with Crippen LogP contribution in [-0.2, 0) is 0 Å². The minimum Gasteiger partial charge on any atom is -0.397 e. The fourth-order valence-electron chi connectivity index (χ4n) is 2.26. The first-order chi connectivity index (χ1) is 10.2. The van der Waals surface area contributed by atoms with Crippen molar-refractivity contribution >= 4 is 29.0 Å².